The van der Waals surface area contributed by atoms with Crippen molar-refractivity contribution >= 4 is 5.69 Å². The summed E-state index contributed by atoms with van der Waals surface area (Å²) >= 11 is 0. The van der Waals surface area contributed by atoms with Crippen molar-refractivity contribution in [2.75, 3.05) is 7.05 Å². The summed E-state index contributed by atoms with van der Waals surface area (Å²) in [6, 6.07) is 4.59. The van der Waals surface area contributed by atoms with Gasteiger partial charge < -0.3 is 15.2 Å². The van der Waals surface area contributed by atoms with Gasteiger partial charge in [-0.2, -0.15) is 0 Å². The first-order valence-electron chi connectivity index (χ1n) is 7.38. The largest absolute Gasteiger partial charge is 0.487 e. The Balaban J connectivity index is 2.19. The molecule has 6 heteroatoms. The minimum absolute atomic E-state index is 0.0500. The lowest BCUT2D eigenvalue weighted by Crippen LogP contribution is -2.31. The molecular weight excluding hydrogens is 272 g/mol. The number of non-ortho nitro benzene ring substituents is 1. The molecule has 0 aliphatic heterocycles. The fourth-order valence-corrected chi connectivity index (χ4v) is 2.68. The number of hydrogen-bond donors (Lipinski definition) is 2. The lowest BCUT2D eigenvalue weighted by molar-refractivity contribution is -0.384. The van der Waals surface area contributed by atoms with Gasteiger partial charge in [-0.3, -0.25) is 10.1 Å². The van der Waals surface area contributed by atoms with E-state index in [2.05, 4.69) is 5.32 Å². The van der Waals surface area contributed by atoms with Crippen LogP contribution in [0.3, 0.4) is 0 Å². The van der Waals surface area contributed by atoms with E-state index in [1.54, 1.807) is 13.1 Å². The van der Waals surface area contributed by atoms with E-state index >= 15 is 0 Å². The van der Waals surface area contributed by atoms with Gasteiger partial charge in [0.2, 0.25) is 0 Å². The third kappa shape index (κ3) is 4.15. The van der Waals surface area contributed by atoms with Gasteiger partial charge >= 0.3 is 0 Å². The summed E-state index contributed by atoms with van der Waals surface area (Å²) < 4.78 is 5.95. The van der Waals surface area contributed by atoms with Crippen LogP contribution in [0.15, 0.2) is 18.2 Å². The molecule has 1 aliphatic rings. The Kier molecular flexibility index (Phi) is 5.52. The molecule has 0 amide bonds. The summed E-state index contributed by atoms with van der Waals surface area (Å²) in [6.45, 7) is 0.486. The van der Waals surface area contributed by atoms with Crippen LogP contribution in [0.1, 0.15) is 37.7 Å². The van der Waals surface area contributed by atoms with Crippen molar-refractivity contribution in [1.82, 2.24) is 5.32 Å². The van der Waals surface area contributed by atoms with Crippen molar-refractivity contribution in [3.8, 4) is 5.75 Å². The molecule has 2 N–H and O–H groups in total. The highest BCUT2D eigenvalue weighted by Gasteiger charge is 2.24. The highest BCUT2D eigenvalue weighted by Crippen LogP contribution is 2.28. The number of nitrogens with zero attached hydrogens (tertiary/aromatic N) is 1. The second-order valence-corrected chi connectivity index (χ2v) is 5.44. The topological polar surface area (TPSA) is 84.6 Å². The van der Waals surface area contributed by atoms with Crippen LogP contribution >= 0.6 is 0 Å². The summed E-state index contributed by atoms with van der Waals surface area (Å²) in [6.07, 6.45) is 4.03. The molecule has 116 valence electrons. The molecule has 2 unspecified atom stereocenters. The molecule has 1 aliphatic carbocycles. The van der Waals surface area contributed by atoms with Crippen LogP contribution in [-0.2, 0) is 6.54 Å². The van der Waals surface area contributed by atoms with Crippen LogP contribution in [0.4, 0.5) is 5.69 Å². The molecule has 0 aromatic heterocycles. The highest BCUT2D eigenvalue weighted by atomic mass is 16.6. The highest BCUT2D eigenvalue weighted by molar-refractivity contribution is 5.44. The Morgan fingerprint density at radius 1 is 1.38 bits per heavy atom. The van der Waals surface area contributed by atoms with E-state index < -0.39 is 11.0 Å². The lowest BCUT2D eigenvalue weighted by Gasteiger charge is -2.23. The number of nitrogens with one attached hydrogen (secondary N) is 1. The maximum absolute atomic E-state index is 10.9. The molecule has 0 spiro atoms. The lowest BCUT2D eigenvalue weighted by atomic mass is 10.1. The van der Waals surface area contributed by atoms with Crippen molar-refractivity contribution in [2.45, 2.75) is 50.9 Å². The molecule has 0 heterocycles. The zero-order valence-electron chi connectivity index (χ0n) is 12.2. The summed E-state index contributed by atoms with van der Waals surface area (Å²) in [4.78, 5) is 10.4. The molecule has 0 bridgehead atoms. The van der Waals surface area contributed by atoms with Gasteiger partial charge in [0.1, 0.15) is 11.9 Å². The SMILES string of the molecule is CNCc1cc([N+](=O)[O-])ccc1OC1CCCCCC1O. The van der Waals surface area contributed by atoms with Gasteiger partial charge in [-0.1, -0.05) is 12.8 Å². The number of aliphatic hydroxyl groups is 1. The van der Waals surface area contributed by atoms with Gasteiger partial charge in [-0.15, -0.1) is 0 Å². The van der Waals surface area contributed by atoms with Gasteiger partial charge in [0.15, 0.2) is 0 Å². The smallest absolute Gasteiger partial charge is 0.270 e. The Labute approximate surface area is 124 Å². The number of aliphatic hydroxyl groups excluding tert-OH is 1. The average Bonchev–Trinajstić information content (AvgIpc) is 2.66. The molecular formula is C15H22N2O4. The van der Waals surface area contributed by atoms with Crippen molar-refractivity contribution in [2.24, 2.45) is 0 Å². The monoisotopic (exact) mass is 294 g/mol. The molecule has 2 rings (SSSR count). The number of rotatable bonds is 5. The number of hydrogen-bond acceptors (Lipinski definition) is 5. The molecule has 1 aromatic carbocycles. The van der Waals surface area contributed by atoms with Gasteiger partial charge in [-0.25, -0.2) is 0 Å². The first kappa shape index (κ1) is 15.7. The minimum atomic E-state index is -0.467. The Morgan fingerprint density at radius 2 is 2.14 bits per heavy atom. The molecule has 1 saturated carbocycles. The molecule has 21 heavy (non-hydrogen) atoms. The number of benzene rings is 1. The van der Waals surface area contributed by atoms with Crippen molar-refractivity contribution < 1.29 is 14.8 Å². The molecule has 2 atom stereocenters. The van der Waals surface area contributed by atoms with Crippen LogP contribution in [0.5, 0.6) is 5.75 Å². The normalized spacial score (nSPS) is 22.6. The summed E-state index contributed by atoms with van der Waals surface area (Å²) in [5.41, 5.74) is 0.789. The fraction of sp³-hybridized carbons (Fsp3) is 0.600. The molecule has 1 aromatic rings. The third-order valence-corrected chi connectivity index (χ3v) is 3.82. The van der Waals surface area contributed by atoms with Gasteiger partial charge in [0.05, 0.1) is 11.0 Å². The zero-order chi connectivity index (χ0) is 15.2. The predicted octanol–water partition coefficient (Wildman–Crippen LogP) is 2.39. The first-order valence-corrected chi connectivity index (χ1v) is 7.38. The van der Waals surface area contributed by atoms with E-state index in [1.807, 2.05) is 0 Å². The Hall–Kier alpha value is -1.66. The van der Waals surface area contributed by atoms with Crippen molar-refractivity contribution in [3.05, 3.63) is 33.9 Å². The van der Waals surface area contributed by atoms with Crippen molar-refractivity contribution in [3.63, 3.8) is 0 Å². The van der Waals surface area contributed by atoms with E-state index in [1.165, 1.54) is 12.1 Å². The molecule has 0 radical (unpaired) electrons. The quantitative estimate of drug-likeness (QED) is 0.495. The Morgan fingerprint density at radius 3 is 2.86 bits per heavy atom. The minimum Gasteiger partial charge on any atom is -0.487 e. The zero-order valence-corrected chi connectivity index (χ0v) is 12.2. The van der Waals surface area contributed by atoms with Crippen LogP contribution in [-0.4, -0.2) is 29.3 Å². The van der Waals surface area contributed by atoms with E-state index in [-0.39, 0.29) is 11.8 Å². The second kappa shape index (κ2) is 7.38. The standard InChI is InChI=1S/C15H22N2O4/c1-16-10-11-9-12(17(19)20)7-8-14(11)21-15-6-4-2-3-5-13(15)18/h7-9,13,15-16,18H,2-6,10H2,1H3. The van der Waals surface area contributed by atoms with Crippen LogP contribution in [0, 0.1) is 10.1 Å². The number of nitro groups is 1. The van der Waals surface area contributed by atoms with E-state index in [0.717, 1.165) is 37.7 Å². The molecule has 1 fully saturated rings. The Bertz CT molecular complexity index is 493. The summed E-state index contributed by atoms with van der Waals surface area (Å²) in [7, 11) is 1.78. The molecule has 6 nitrogen and oxygen atoms in total. The van der Waals surface area contributed by atoms with Gasteiger partial charge in [0.25, 0.3) is 5.69 Å². The van der Waals surface area contributed by atoms with Crippen LogP contribution in [0.2, 0.25) is 0 Å². The van der Waals surface area contributed by atoms with Gasteiger partial charge in [0, 0.05) is 24.2 Å². The summed E-state index contributed by atoms with van der Waals surface area (Å²) in [5, 5.41) is 24.0. The molecule has 0 saturated heterocycles. The van der Waals surface area contributed by atoms with Crippen molar-refractivity contribution in [1.29, 1.82) is 0 Å². The fourth-order valence-electron chi connectivity index (χ4n) is 2.68. The summed E-state index contributed by atoms with van der Waals surface area (Å²) in [5.74, 6) is 0.612. The van der Waals surface area contributed by atoms with E-state index in [4.69, 9.17) is 4.74 Å². The number of nitro benzene ring substituents is 1. The first-order chi connectivity index (χ1) is 10.1. The maximum Gasteiger partial charge on any atom is 0.270 e. The van der Waals surface area contributed by atoms with Crippen LogP contribution < -0.4 is 10.1 Å². The van der Waals surface area contributed by atoms with E-state index in [9.17, 15) is 15.2 Å². The average molecular weight is 294 g/mol. The number of ether oxygens (including phenoxy) is 1. The van der Waals surface area contributed by atoms with Gasteiger partial charge in [-0.05, 0) is 32.4 Å². The predicted molar refractivity (Wildman–Crippen MR) is 79.4 cm³/mol. The maximum atomic E-state index is 10.9. The van der Waals surface area contributed by atoms with E-state index in [0.29, 0.717) is 12.3 Å². The second-order valence-electron chi connectivity index (χ2n) is 5.44. The third-order valence-electron chi connectivity index (χ3n) is 3.82. The van der Waals surface area contributed by atoms with Crippen LogP contribution in [0.25, 0.3) is 0 Å².